The van der Waals surface area contributed by atoms with Gasteiger partial charge in [0.05, 0.1) is 11.4 Å². The molecule has 1 rings (SSSR count). The molecule has 80 valence electrons. The molecule has 0 saturated heterocycles. The van der Waals surface area contributed by atoms with Crippen molar-refractivity contribution in [2.75, 3.05) is 0 Å². The van der Waals surface area contributed by atoms with Crippen molar-refractivity contribution in [3.8, 4) is 0 Å². The topological polar surface area (TPSA) is 129 Å². The smallest absolute Gasteiger partial charge is 0.191 e. The molecule has 8 N–H and O–H groups in total. The third-order valence-corrected chi connectivity index (χ3v) is 1.70. The molecule has 0 atom stereocenters. The summed E-state index contributed by atoms with van der Waals surface area (Å²) in [4.78, 5) is 7.84. The van der Waals surface area contributed by atoms with E-state index in [0.29, 0.717) is 11.4 Å². The quantitative estimate of drug-likeness (QED) is 0.394. The van der Waals surface area contributed by atoms with Crippen LogP contribution in [0, 0.1) is 6.92 Å². The van der Waals surface area contributed by atoms with E-state index < -0.39 is 0 Å². The first-order valence-corrected chi connectivity index (χ1v) is 4.29. The molecule has 0 aliphatic heterocycles. The summed E-state index contributed by atoms with van der Waals surface area (Å²) in [5, 5.41) is 0. The molecule has 0 bridgehead atoms. The number of aryl methyl sites for hydroxylation is 1. The van der Waals surface area contributed by atoms with Crippen LogP contribution in [0.15, 0.2) is 28.2 Å². The van der Waals surface area contributed by atoms with Crippen LogP contribution in [-0.2, 0) is 0 Å². The van der Waals surface area contributed by atoms with Crippen molar-refractivity contribution in [3.05, 3.63) is 23.8 Å². The molecular formula is C9H14N6. The highest BCUT2D eigenvalue weighted by atomic mass is 15.0. The Kier molecular flexibility index (Phi) is 3.12. The Bertz CT molecular complexity index is 413. The van der Waals surface area contributed by atoms with E-state index in [1.54, 1.807) is 12.1 Å². The Hall–Kier alpha value is -2.24. The van der Waals surface area contributed by atoms with Crippen LogP contribution in [0.2, 0.25) is 0 Å². The second kappa shape index (κ2) is 4.32. The Morgan fingerprint density at radius 1 is 1.00 bits per heavy atom. The number of nitrogens with zero attached hydrogens (tertiary/aromatic N) is 2. The molecule has 0 aromatic heterocycles. The number of hydrogen-bond donors (Lipinski definition) is 4. The largest absolute Gasteiger partial charge is 0.370 e. The molecule has 1 aromatic rings. The zero-order chi connectivity index (χ0) is 11.4. The molecular weight excluding hydrogens is 192 g/mol. The third-order valence-electron chi connectivity index (χ3n) is 1.70. The summed E-state index contributed by atoms with van der Waals surface area (Å²) in [6.07, 6.45) is 0. The summed E-state index contributed by atoms with van der Waals surface area (Å²) in [5.41, 5.74) is 23.3. The number of hydrogen-bond acceptors (Lipinski definition) is 2. The van der Waals surface area contributed by atoms with Crippen LogP contribution in [0.5, 0.6) is 0 Å². The van der Waals surface area contributed by atoms with Gasteiger partial charge in [-0.3, -0.25) is 0 Å². The first kappa shape index (κ1) is 10.8. The van der Waals surface area contributed by atoms with E-state index in [1.807, 2.05) is 13.0 Å². The number of nitrogens with two attached hydrogens (primary N) is 4. The number of guanidine groups is 2. The summed E-state index contributed by atoms with van der Waals surface area (Å²) in [6, 6.07) is 5.32. The van der Waals surface area contributed by atoms with Crippen LogP contribution in [0.1, 0.15) is 5.56 Å². The lowest BCUT2D eigenvalue weighted by atomic mass is 10.2. The molecule has 1 aromatic carbocycles. The summed E-state index contributed by atoms with van der Waals surface area (Å²) in [7, 11) is 0. The maximum Gasteiger partial charge on any atom is 0.191 e. The molecule has 0 fully saturated rings. The van der Waals surface area contributed by atoms with Gasteiger partial charge >= 0.3 is 0 Å². The van der Waals surface area contributed by atoms with E-state index in [-0.39, 0.29) is 11.9 Å². The van der Waals surface area contributed by atoms with Gasteiger partial charge in [0.25, 0.3) is 0 Å². The number of rotatable bonds is 2. The van der Waals surface area contributed by atoms with E-state index in [9.17, 15) is 0 Å². The first-order valence-electron chi connectivity index (χ1n) is 4.29. The Labute approximate surface area is 87.7 Å². The molecule has 0 saturated carbocycles. The van der Waals surface area contributed by atoms with Gasteiger partial charge in [0.2, 0.25) is 0 Å². The van der Waals surface area contributed by atoms with Crippen LogP contribution in [0.25, 0.3) is 0 Å². The van der Waals surface area contributed by atoms with Gasteiger partial charge in [-0.15, -0.1) is 0 Å². The van der Waals surface area contributed by atoms with E-state index in [4.69, 9.17) is 22.9 Å². The summed E-state index contributed by atoms with van der Waals surface area (Å²) < 4.78 is 0. The van der Waals surface area contributed by atoms with Crippen molar-refractivity contribution < 1.29 is 0 Å². The molecule has 0 unspecified atom stereocenters. The fourth-order valence-corrected chi connectivity index (χ4v) is 1.08. The lowest BCUT2D eigenvalue weighted by Crippen LogP contribution is -2.22. The molecule has 0 aliphatic carbocycles. The van der Waals surface area contributed by atoms with Crippen molar-refractivity contribution in [3.63, 3.8) is 0 Å². The maximum atomic E-state index is 5.29. The van der Waals surface area contributed by atoms with Gasteiger partial charge < -0.3 is 22.9 Å². The Balaban J connectivity index is 3.17. The average molecular weight is 206 g/mol. The van der Waals surface area contributed by atoms with Crippen LogP contribution in [0.4, 0.5) is 11.4 Å². The van der Waals surface area contributed by atoms with Crippen molar-refractivity contribution in [2.24, 2.45) is 32.9 Å². The van der Waals surface area contributed by atoms with Crippen LogP contribution >= 0.6 is 0 Å². The fraction of sp³-hybridized carbons (Fsp3) is 0.111. The molecule has 0 aliphatic rings. The molecule has 0 heterocycles. The highest BCUT2D eigenvalue weighted by Gasteiger charge is 1.99. The molecule has 0 spiro atoms. The van der Waals surface area contributed by atoms with Crippen molar-refractivity contribution in [2.45, 2.75) is 6.92 Å². The second-order valence-electron chi connectivity index (χ2n) is 3.04. The molecule has 6 nitrogen and oxygen atoms in total. The lowest BCUT2D eigenvalue weighted by molar-refractivity contribution is 1.34. The zero-order valence-electron chi connectivity index (χ0n) is 8.44. The van der Waals surface area contributed by atoms with Gasteiger partial charge in [0, 0.05) is 0 Å². The van der Waals surface area contributed by atoms with Gasteiger partial charge in [-0.2, -0.15) is 0 Å². The fourth-order valence-electron chi connectivity index (χ4n) is 1.08. The highest BCUT2D eigenvalue weighted by molar-refractivity contribution is 5.81. The van der Waals surface area contributed by atoms with Crippen molar-refractivity contribution in [1.82, 2.24) is 0 Å². The first-order chi connectivity index (χ1) is 6.99. The van der Waals surface area contributed by atoms with Crippen LogP contribution in [0.3, 0.4) is 0 Å². The molecule has 15 heavy (non-hydrogen) atoms. The Morgan fingerprint density at radius 3 is 2.13 bits per heavy atom. The van der Waals surface area contributed by atoms with Crippen LogP contribution < -0.4 is 22.9 Å². The van der Waals surface area contributed by atoms with Crippen molar-refractivity contribution >= 4 is 23.3 Å². The predicted molar refractivity (Wildman–Crippen MR) is 62.1 cm³/mol. The normalized spacial score (nSPS) is 9.40. The lowest BCUT2D eigenvalue weighted by Gasteiger charge is -2.02. The third kappa shape index (κ3) is 3.18. The minimum atomic E-state index is -0.00509. The SMILES string of the molecule is Cc1ccc(N=C(N)N)cc1N=C(N)N. The van der Waals surface area contributed by atoms with E-state index in [1.165, 1.54) is 0 Å². The number of benzene rings is 1. The number of aliphatic imine (C=N–C) groups is 2. The van der Waals surface area contributed by atoms with Crippen LogP contribution in [-0.4, -0.2) is 11.9 Å². The monoisotopic (exact) mass is 206 g/mol. The summed E-state index contributed by atoms with van der Waals surface area (Å²) in [6.45, 7) is 1.89. The minimum absolute atomic E-state index is 0.0000463. The molecule has 6 heteroatoms. The highest BCUT2D eigenvalue weighted by Crippen LogP contribution is 2.24. The summed E-state index contributed by atoms with van der Waals surface area (Å²) >= 11 is 0. The average Bonchev–Trinajstić information content (AvgIpc) is 2.09. The summed E-state index contributed by atoms with van der Waals surface area (Å²) in [5.74, 6) is -0.00514. The maximum absolute atomic E-state index is 5.29. The zero-order valence-corrected chi connectivity index (χ0v) is 8.44. The van der Waals surface area contributed by atoms with Gasteiger partial charge in [-0.25, -0.2) is 9.98 Å². The predicted octanol–water partition coefficient (Wildman–Crippen LogP) is -0.195. The molecule has 0 radical (unpaired) electrons. The Morgan fingerprint density at radius 2 is 1.60 bits per heavy atom. The molecule has 0 amide bonds. The van der Waals surface area contributed by atoms with E-state index in [2.05, 4.69) is 9.98 Å². The van der Waals surface area contributed by atoms with Gasteiger partial charge in [0.1, 0.15) is 0 Å². The van der Waals surface area contributed by atoms with Gasteiger partial charge in [0.15, 0.2) is 11.9 Å². The second-order valence-corrected chi connectivity index (χ2v) is 3.04. The minimum Gasteiger partial charge on any atom is -0.370 e. The van der Waals surface area contributed by atoms with E-state index >= 15 is 0 Å². The standard InChI is InChI=1S/C9H14N6/c1-5-2-3-6(14-8(10)11)4-7(5)15-9(12)13/h2-4H,1H3,(H4,10,11,14)(H4,12,13,15). The van der Waals surface area contributed by atoms with Gasteiger partial charge in [-0.1, -0.05) is 6.07 Å². The van der Waals surface area contributed by atoms with E-state index in [0.717, 1.165) is 5.56 Å². The van der Waals surface area contributed by atoms with Gasteiger partial charge in [-0.05, 0) is 24.6 Å². The van der Waals surface area contributed by atoms with Crippen molar-refractivity contribution in [1.29, 1.82) is 0 Å².